The van der Waals surface area contributed by atoms with Crippen molar-refractivity contribution < 1.29 is 14.3 Å². The van der Waals surface area contributed by atoms with Gasteiger partial charge < -0.3 is 9.47 Å². The van der Waals surface area contributed by atoms with E-state index in [1.165, 1.54) is 16.7 Å². The van der Waals surface area contributed by atoms with Crippen LogP contribution < -0.4 is 4.74 Å². The molecule has 0 amide bonds. The molecule has 0 heterocycles. The van der Waals surface area contributed by atoms with Crippen molar-refractivity contribution in [3.63, 3.8) is 0 Å². The molecule has 0 saturated heterocycles. The highest BCUT2D eigenvalue weighted by atomic mass is 35.5. The molecule has 0 bridgehead atoms. The Balaban J connectivity index is 2.10. The molecule has 0 aliphatic heterocycles. The molecule has 0 atom stereocenters. The van der Waals surface area contributed by atoms with Crippen LogP contribution in [0, 0.1) is 0 Å². The van der Waals surface area contributed by atoms with Crippen molar-refractivity contribution in [2.24, 2.45) is 0 Å². The Morgan fingerprint density at radius 3 is 2.83 bits per heavy atom. The van der Waals surface area contributed by atoms with Crippen LogP contribution in [0.15, 0.2) is 12.1 Å². The Kier molecular flexibility index (Phi) is 4.48. The van der Waals surface area contributed by atoms with Gasteiger partial charge in [0.1, 0.15) is 5.75 Å². The summed E-state index contributed by atoms with van der Waals surface area (Å²) >= 11 is 5.92. The maximum absolute atomic E-state index is 11.3. The van der Waals surface area contributed by atoms with E-state index < -0.39 is 0 Å². The van der Waals surface area contributed by atoms with Crippen molar-refractivity contribution in [3.8, 4) is 5.75 Å². The molecule has 1 aromatic carbocycles. The number of fused-ring (bicyclic) bond motifs is 1. The van der Waals surface area contributed by atoms with E-state index in [0.717, 1.165) is 25.0 Å². The fourth-order valence-electron chi connectivity index (χ4n) is 2.35. The third kappa shape index (κ3) is 2.78. The van der Waals surface area contributed by atoms with Gasteiger partial charge in [0.05, 0.1) is 6.61 Å². The van der Waals surface area contributed by atoms with Crippen LogP contribution in [0.3, 0.4) is 0 Å². The average molecular weight is 269 g/mol. The lowest BCUT2D eigenvalue weighted by atomic mass is 10.0. The summed E-state index contributed by atoms with van der Waals surface area (Å²) in [6.45, 7) is 2.14. The van der Waals surface area contributed by atoms with Gasteiger partial charge in [0.25, 0.3) is 0 Å². The third-order valence-electron chi connectivity index (χ3n) is 3.13. The quantitative estimate of drug-likeness (QED) is 0.608. The van der Waals surface area contributed by atoms with Gasteiger partial charge in [0, 0.05) is 5.88 Å². The molecule has 3 nitrogen and oxygen atoms in total. The molecule has 2 rings (SSSR count). The monoisotopic (exact) mass is 268 g/mol. The second-order valence-corrected chi connectivity index (χ2v) is 4.53. The van der Waals surface area contributed by atoms with E-state index in [1.807, 2.05) is 12.1 Å². The first-order valence-corrected chi connectivity index (χ1v) is 6.77. The van der Waals surface area contributed by atoms with Gasteiger partial charge in [0.15, 0.2) is 6.61 Å². The second-order valence-electron chi connectivity index (χ2n) is 4.26. The SMILES string of the molecule is CCOC(=O)COc1ccc(CCl)c2c1CCC2. The largest absolute Gasteiger partial charge is 0.482 e. The van der Waals surface area contributed by atoms with Crippen LogP contribution in [0.1, 0.15) is 30.0 Å². The van der Waals surface area contributed by atoms with Crippen LogP contribution in [0.4, 0.5) is 0 Å². The van der Waals surface area contributed by atoms with Gasteiger partial charge in [-0.3, -0.25) is 0 Å². The number of hydrogen-bond donors (Lipinski definition) is 0. The minimum atomic E-state index is -0.328. The number of hydrogen-bond acceptors (Lipinski definition) is 3. The molecular weight excluding hydrogens is 252 g/mol. The Hall–Kier alpha value is -1.22. The Bertz CT molecular complexity index is 443. The number of esters is 1. The van der Waals surface area contributed by atoms with Gasteiger partial charge in [0.2, 0.25) is 0 Å². The molecule has 1 aromatic rings. The van der Waals surface area contributed by atoms with Crippen molar-refractivity contribution in [3.05, 3.63) is 28.8 Å². The first kappa shape index (κ1) is 13.2. The van der Waals surface area contributed by atoms with Crippen molar-refractivity contribution in [2.45, 2.75) is 32.1 Å². The molecule has 0 spiro atoms. The number of carbonyl (C=O) groups excluding carboxylic acids is 1. The summed E-state index contributed by atoms with van der Waals surface area (Å²) in [6, 6.07) is 3.89. The maximum atomic E-state index is 11.3. The fraction of sp³-hybridized carbons (Fsp3) is 0.500. The zero-order valence-electron chi connectivity index (χ0n) is 10.5. The number of rotatable bonds is 5. The predicted molar refractivity (Wildman–Crippen MR) is 70.2 cm³/mol. The summed E-state index contributed by atoms with van der Waals surface area (Å²) in [4.78, 5) is 11.3. The smallest absolute Gasteiger partial charge is 0.344 e. The molecule has 1 aliphatic carbocycles. The lowest BCUT2D eigenvalue weighted by molar-refractivity contribution is -0.145. The number of halogens is 1. The number of benzene rings is 1. The number of carbonyl (C=O) groups is 1. The summed E-state index contributed by atoms with van der Waals surface area (Å²) in [5.74, 6) is 0.996. The fourth-order valence-corrected chi connectivity index (χ4v) is 2.60. The maximum Gasteiger partial charge on any atom is 0.344 e. The van der Waals surface area contributed by atoms with E-state index in [0.29, 0.717) is 12.5 Å². The van der Waals surface area contributed by atoms with E-state index in [-0.39, 0.29) is 12.6 Å². The molecule has 0 aromatic heterocycles. The lowest BCUT2D eigenvalue weighted by Gasteiger charge is -2.12. The van der Waals surface area contributed by atoms with Gasteiger partial charge in [-0.25, -0.2) is 4.79 Å². The topological polar surface area (TPSA) is 35.5 Å². The van der Waals surface area contributed by atoms with E-state index in [9.17, 15) is 4.79 Å². The predicted octanol–water partition coefficient (Wildman–Crippen LogP) is 2.86. The van der Waals surface area contributed by atoms with Gasteiger partial charge in [-0.1, -0.05) is 6.07 Å². The molecule has 0 N–H and O–H groups in total. The molecule has 0 saturated carbocycles. The average Bonchev–Trinajstić information content (AvgIpc) is 2.85. The zero-order chi connectivity index (χ0) is 13.0. The van der Waals surface area contributed by atoms with Crippen LogP contribution in [0.5, 0.6) is 5.75 Å². The Morgan fingerprint density at radius 2 is 2.11 bits per heavy atom. The zero-order valence-corrected chi connectivity index (χ0v) is 11.3. The summed E-state index contributed by atoms with van der Waals surface area (Å²) in [5.41, 5.74) is 3.68. The standard InChI is InChI=1S/C14H17ClO3/c1-2-17-14(16)9-18-13-7-6-10(8-15)11-4-3-5-12(11)13/h6-7H,2-5,8-9H2,1H3. The van der Waals surface area contributed by atoms with E-state index >= 15 is 0 Å². The van der Waals surface area contributed by atoms with E-state index in [2.05, 4.69) is 0 Å². The molecule has 0 fully saturated rings. The van der Waals surface area contributed by atoms with Crippen LogP contribution in [0.2, 0.25) is 0 Å². The highest BCUT2D eigenvalue weighted by Crippen LogP contribution is 2.33. The highest BCUT2D eigenvalue weighted by molar-refractivity contribution is 6.17. The van der Waals surface area contributed by atoms with Crippen molar-refractivity contribution in [2.75, 3.05) is 13.2 Å². The van der Waals surface area contributed by atoms with Crippen molar-refractivity contribution in [1.82, 2.24) is 0 Å². The first-order chi connectivity index (χ1) is 8.76. The molecule has 0 radical (unpaired) electrons. The minimum Gasteiger partial charge on any atom is -0.482 e. The lowest BCUT2D eigenvalue weighted by Crippen LogP contribution is -2.15. The van der Waals surface area contributed by atoms with Crippen molar-refractivity contribution in [1.29, 1.82) is 0 Å². The normalized spacial score (nSPS) is 13.2. The molecule has 18 heavy (non-hydrogen) atoms. The number of ether oxygens (including phenoxy) is 2. The highest BCUT2D eigenvalue weighted by Gasteiger charge is 2.19. The van der Waals surface area contributed by atoms with Gasteiger partial charge >= 0.3 is 5.97 Å². The molecule has 1 aliphatic rings. The Morgan fingerprint density at radius 1 is 1.33 bits per heavy atom. The summed E-state index contributed by atoms with van der Waals surface area (Å²) in [7, 11) is 0. The van der Waals surface area contributed by atoms with E-state index in [4.69, 9.17) is 21.1 Å². The molecule has 98 valence electrons. The summed E-state index contributed by atoms with van der Waals surface area (Å²) in [5, 5.41) is 0. The van der Waals surface area contributed by atoms with Crippen LogP contribution in [-0.2, 0) is 28.3 Å². The van der Waals surface area contributed by atoms with Gasteiger partial charge in [-0.05, 0) is 48.9 Å². The summed E-state index contributed by atoms with van der Waals surface area (Å²) < 4.78 is 10.4. The van der Waals surface area contributed by atoms with Crippen molar-refractivity contribution >= 4 is 17.6 Å². The second kappa shape index (κ2) is 6.10. The number of alkyl halides is 1. The molecular formula is C14H17ClO3. The Labute approximate surface area is 112 Å². The summed E-state index contributed by atoms with van der Waals surface area (Å²) in [6.07, 6.45) is 3.17. The minimum absolute atomic E-state index is 0.0273. The first-order valence-electron chi connectivity index (χ1n) is 6.24. The van der Waals surface area contributed by atoms with Gasteiger partial charge in [-0.2, -0.15) is 0 Å². The van der Waals surface area contributed by atoms with Gasteiger partial charge in [-0.15, -0.1) is 11.6 Å². The van der Waals surface area contributed by atoms with Crippen LogP contribution in [0.25, 0.3) is 0 Å². The van der Waals surface area contributed by atoms with Crippen LogP contribution in [-0.4, -0.2) is 19.2 Å². The molecule has 0 unspecified atom stereocenters. The van der Waals surface area contributed by atoms with E-state index in [1.54, 1.807) is 6.92 Å². The third-order valence-corrected chi connectivity index (χ3v) is 3.42. The molecule has 4 heteroatoms. The van der Waals surface area contributed by atoms with Crippen LogP contribution >= 0.6 is 11.6 Å².